The summed E-state index contributed by atoms with van der Waals surface area (Å²) in [7, 11) is 0. The van der Waals surface area contributed by atoms with Crippen molar-refractivity contribution >= 4 is 5.91 Å². The second kappa shape index (κ2) is 11.0. The molecule has 7 heteroatoms. The third-order valence-electron chi connectivity index (χ3n) is 7.02. The number of carbonyl (C=O) groups is 1. The second-order valence-electron chi connectivity index (χ2n) is 9.62. The van der Waals surface area contributed by atoms with Crippen molar-refractivity contribution in [2.24, 2.45) is 5.92 Å². The summed E-state index contributed by atoms with van der Waals surface area (Å²) in [6.07, 6.45) is 5.92. The van der Waals surface area contributed by atoms with Gasteiger partial charge in [0, 0.05) is 25.7 Å². The smallest absolute Gasteiger partial charge is 0.274 e. The molecule has 1 fully saturated rings. The number of carbonyl (C=O) groups excluding carboxylic acids is 1. The van der Waals surface area contributed by atoms with Gasteiger partial charge in [0.05, 0.1) is 6.61 Å². The average molecular weight is 491 g/mol. The highest BCUT2D eigenvalue weighted by molar-refractivity contribution is 5.96. The lowest BCUT2D eigenvalue weighted by Gasteiger charge is -2.32. The van der Waals surface area contributed by atoms with Gasteiger partial charge in [0.15, 0.2) is 17.3 Å². The van der Waals surface area contributed by atoms with Gasteiger partial charge in [0.1, 0.15) is 12.4 Å². The van der Waals surface area contributed by atoms with Crippen molar-refractivity contribution in [3.63, 3.8) is 0 Å². The number of halogens is 1. The Morgan fingerprint density at radius 3 is 2.36 bits per heavy atom. The SMILES string of the molecule is O=C1c2c(OCc3ccccc3)c(=O)cc(OCC3CCCCC3)n2CCN1Cc1ccc(F)cc1. The van der Waals surface area contributed by atoms with Gasteiger partial charge in [-0.25, -0.2) is 4.39 Å². The Bertz CT molecular complexity index is 1250. The molecular formula is C29H31FN2O4. The number of benzene rings is 2. The van der Waals surface area contributed by atoms with Crippen molar-refractivity contribution in [2.45, 2.75) is 51.8 Å². The Hall–Kier alpha value is -3.61. The lowest BCUT2D eigenvalue weighted by atomic mass is 9.90. The highest BCUT2D eigenvalue weighted by Gasteiger charge is 2.32. The molecule has 0 radical (unpaired) electrons. The van der Waals surface area contributed by atoms with Gasteiger partial charge in [0.25, 0.3) is 5.91 Å². The molecule has 0 unspecified atom stereocenters. The zero-order valence-corrected chi connectivity index (χ0v) is 20.3. The molecule has 1 aliphatic heterocycles. The quantitative estimate of drug-likeness (QED) is 0.437. The molecule has 2 aromatic carbocycles. The molecule has 5 rings (SSSR count). The van der Waals surface area contributed by atoms with Gasteiger partial charge in [-0.2, -0.15) is 0 Å². The van der Waals surface area contributed by atoms with Crippen LogP contribution in [0.15, 0.2) is 65.5 Å². The zero-order chi connectivity index (χ0) is 24.9. The van der Waals surface area contributed by atoms with Gasteiger partial charge in [-0.1, -0.05) is 61.7 Å². The topological polar surface area (TPSA) is 60.8 Å². The van der Waals surface area contributed by atoms with Crippen LogP contribution in [0.5, 0.6) is 11.6 Å². The van der Waals surface area contributed by atoms with Crippen LogP contribution < -0.4 is 14.9 Å². The summed E-state index contributed by atoms with van der Waals surface area (Å²) in [5.41, 5.74) is 1.56. The Morgan fingerprint density at radius 1 is 0.861 bits per heavy atom. The minimum Gasteiger partial charge on any atom is -0.483 e. The average Bonchev–Trinajstić information content (AvgIpc) is 2.91. The zero-order valence-electron chi connectivity index (χ0n) is 20.3. The van der Waals surface area contributed by atoms with Crippen molar-refractivity contribution < 1.29 is 18.7 Å². The first-order valence-electron chi connectivity index (χ1n) is 12.7. The van der Waals surface area contributed by atoms with Crippen molar-refractivity contribution in [1.29, 1.82) is 0 Å². The minimum atomic E-state index is -0.368. The van der Waals surface area contributed by atoms with E-state index in [4.69, 9.17) is 9.47 Å². The molecule has 0 spiro atoms. The van der Waals surface area contributed by atoms with Crippen LogP contribution in [0.25, 0.3) is 0 Å². The fourth-order valence-electron chi connectivity index (χ4n) is 5.02. The van der Waals surface area contributed by atoms with Crippen LogP contribution in [0.3, 0.4) is 0 Å². The van der Waals surface area contributed by atoms with E-state index in [9.17, 15) is 14.0 Å². The Balaban J connectivity index is 1.44. The first kappa shape index (κ1) is 24.1. The molecule has 0 saturated heterocycles. The number of nitrogens with zero attached hydrogens (tertiary/aromatic N) is 2. The number of fused-ring (bicyclic) bond motifs is 1. The van der Waals surface area contributed by atoms with Gasteiger partial charge in [0.2, 0.25) is 5.43 Å². The van der Waals surface area contributed by atoms with Crippen molar-refractivity contribution in [3.05, 3.63) is 93.5 Å². The molecule has 2 heterocycles. The van der Waals surface area contributed by atoms with Crippen LogP contribution in [0.2, 0.25) is 0 Å². The van der Waals surface area contributed by atoms with Crippen LogP contribution in [0.1, 0.15) is 53.7 Å². The van der Waals surface area contributed by atoms with Crippen LogP contribution in [-0.4, -0.2) is 28.5 Å². The fraction of sp³-hybridized carbons (Fsp3) is 0.379. The molecule has 1 amide bonds. The number of amides is 1. The first-order chi connectivity index (χ1) is 17.6. The van der Waals surface area contributed by atoms with Crippen LogP contribution in [0.4, 0.5) is 4.39 Å². The van der Waals surface area contributed by atoms with E-state index in [0.29, 0.717) is 38.0 Å². The molecule has 1 aliphatic carbocycles. The maximum Gasteiger partial charge on any atom is 0.274 e. The Morgan fingerprint density at radius 2 is 1.61 bits per heavy atom. The van der Waals surface area contributed by atoms with E-state index < -0.39 is 0 Å². The Kier molecular flexibility index (Phi) is 7.35. The minimum absolute atomic E-state index is 0.0395. The van der Waals surface area contributed by atoms with Gasteiger partial charge in [-0.05, 0) is 42.0 Å². The Labute approximate surface area is 210 Å². The molecular weight excluding hydrogens is 459 g/mol. The molecule has 3 aromatic rings. The van der Waals surface area contributed by atoms with E-state index in [-0.39, 0.29) is 35.2 Å². The molecule has 188 valence electrons. The molecule has 0 bridgehead atoms. The summed E-state index contributed by atoms with van der Waals surface area (Å²) in [5.74, 6) is 0.305. The number of ether oxygens (including phenoxy) is 2. The molecule has 2 aliphatic rings. The maximum absolute atomic E-state index is 13.7. The summed E-state index contributed by atoms with van der Waals surface area (Å²) < 4.78 is 27.3. The van der Waals surface area contributed by atoms with E-state index >= 15 is 0 Å². The van der Waals surface area contributed by atoms with Gasteiger partial charge in [-0.15, -0.1) is 0 Å². The van der Waals surface area contributed by atoms with Crippen LogP contribution in [0, 0.1) is 11.7 Å². The highest BCUT2D eigenvalue weighted by atomic mass is 19.1. The molecule has 1 saturated carbocycles. The van der Waals surface area contributed by atoms with E-state index in [0.717, 1.165) is 24.0 Å². The lowest BCUT2D eigenvalue weighted by molar-refractivity contribution is 0.0668. The van der Waals surface area contributed by atoms with E-state index in [1.165, 1.54) is 37.5 Å². The summed E-state index contributed by atoms with van der Waals surface area (Å²) in [6, 6.07) is 17.1. The van der Waals surface area contributed by atoms with Crippen molar-refractivity contribution in [2.75, 3.05) is 13.2 Å². The summed E-state index contributed by atoms with van der Waals surface area (Å²) >= 11 is 0. The summed E-state index contributed by atoms with van der Waals surface area (Å²) in [5, 5.41) is 0. The number of hydrogen-bond acceptors (Lipinski definition) is 4. The monoisotopic (exact) mass is 490 g/mol. The molecule has 36 heavy (non-hydrogen) atoms. The van der Waals surface area contributed by atoms with E-state index in [1.54, 1.807) is 21.6 Å². The lowest BCUT2D eigenvalue weighted by Crippen LogP contribution is -2.42. The standard InChI is InChI=1S/C29H31FN2O4/c30-24-13-11-21(12-14-24)18-31-15-16-32-26(35-19-22-7-3-1-4-8-22)17-25(33)28(27(32)29(31)34)36-20-23-9-5-2-6-10-23/h2,5-6,9-14,17,22H,1,3-4,7-8,15-16,18-20H2. The summed E-state index contributed by atoms with van der Waals surface area (Å²) in [4.78, 5) is 28.6. The van der Waals surface area contributed by atoms with Gasteiger partial charge in [-0.3, -0.25) is 9.59 Å². The largest absolute Gasteiger partial charge is 0.483 e. The summed E-state index contributed by atoms with van der Waals surface area (Å²) in [6.45, 7) is 1.96. The normalized spacial score (nSPS) is 16.0. The number of rotatable bonds is 8. The van der Waals surface area contributed by atoms with Crippen molar-refractivity contribution in [3.8, 4) is 11.6 Å². The van der Waals surface area contributed by atoms with E-state index in [1.807, 2.05) is 30.3 Å². The van der Waals surface area contributed by atoms with Gasteiger partial charge < -0.3 is 18.9 Å². The molecule has 0 N–H and O–H groups in total. The third-order valence-corrected chi connectivity index (χ3v) is 7.02. The number of hydrogen-bond donors (Lipinski definition) is 0. The number of aromatic nitrogens is 1. The third kappa shape index (κ3) is 5.45. The van der Waals surface area contributed by atoms with E-state index in [2.05, 4.69) is 0 Å². The van der Waals surface area contributed by atoms with Crippen molar-refractivity contribution in [1.82, 2.24) is 9.47 Å². The maximum atomic E-state index is 13.7. The van der Waals surface area contributed by atoms with Gasteiger partial charge >= 0.3 is 0 Å². The first-order valence-corrected chi connectivity index (χ1v) is 12.7. The van der Waals surface area contributed by atoms with Crippen LogP contribution >= 0.6 is 0 Å². The predicted molar refractivity (Wildman–Crippen MR) is 135 cm³/mol. The number of pyridine rings is 1. The second-order valence-corrected chi connectivity index (χ2v) is 9.62. The highest BCUT2D eigenvalue weighted by Crippen LogP contribution is 2.29. The molecule has 1 aromatic heterocycles. The molecule has 0 atom stereocenters. The molecule has 6 nitrogen and oxygen atoms in total. The fourth-order valence-corrected chi connectivity index (χ4v) is 5.02. The van der Waals surface area contributed by atoms with Crippen LogP contribution in [-0.2, 0) is 19.7 Å². The predicted octanol–water partition coefficient (Wildman–Crippen LogP) is 5.18.